The van der Waals surface area contributed by atoms with Gasteiger partial charge in [-0.1, -0.05) is 12.1 Å². The number of hydrazine groups is 1. The average Bonchev–Trinajstić information content (AvgIpc) is 2.55. The van der Waals surface area contributed by atoms with Crippen LogP contribution in [0, 0.1) is 0 Å². The molecule has 0 aliphatic heterocycles. The summed E-state index contributed by atoms with van der Waals surface area (Å²) in [6.45, 7) is -0.467. The monoisotopic (exact) mass is 375 g/mol. The number of amides is 1. The lowest BCUT2D eigenvalue weighted by Gasteiger charge is -2.11. The van der Waals surface area contributed by atoms with E-state index in [0.29, 0.717) is 6.07 Å². The van der Waals surface area contributed by atoms with Crippen LogP contribution in [0.3, 0.4) is 0 Å². The lowest BCUT2D eigenvalue weighted by Crippen LogP contribution is -2.44. The van der Waals surface area contributed by atoms with Crippen molar-refractivity contribution in [3.05, 3.63) is 64.6 Å². The molecule has 2 N–H and O–H groups in total. The molecule has 0 fully saturated rings. The molecule has 1 heterocycles. The van der Waals surface area contributed by atoms with Crippen molar-refractivity contribution in [2.24, 2.45) is 0 Å². The third-order valence-corrected chi connectivity index (χ3v) is 4.25. The van der Waals surface area contributed by atoms with Crippen molar-refractivity contribution in [1.82, 2.24) is 14.8 Å². The number of halogens is 3. The van der Waals surface area contributed by atoms with Gasteiger partial charge in [0, 0.05) is 12.3 Å². The van der Waals surface area contributed by atoms with Gasteiger partial charge in [0.1, 0.15) is 6.54 Å². The summed E-state index contributed by atoms with van der Waals surface area (Å²) in [7, 11) is -4.41. The van der Waals surface area contributed by atoms with Gasteiger partial charge in [0.05, 0.1) is 10.5 Å². The van der Waals surface area contributed by atoms with Gasteiger partial charge in [0.2, 0.25) is 0 Å². The summed E-state index contributed by atoms with van der Waals surface area (Å²) in [5.41, 5.74) is 0.223. The predicted octanol–water partition coefficient (Wildman–Crippen LogP) is 0.877. The first-order chi connectivity index (χ1) is 11.6. The van der Waals surface area contributed by atoms with Crippen molar-refractivity contribution in [1.29, 1.82) is 0 Å². The Morgan fingerprint density at radius 3 is 2.48 bits per heavy atom. The summed E-state index contributed by atoms with van der Waals surface area (Å²) >= 11 is 0. The molecule has 1 aromatic heterocycles. The molecule has 0 unspecified atom stereocenters. The van der Waals surface area contributed by atoms with Crippen LogP contribution in [-0.2, 0) is 27.5 Å². The van der Waals surface area contributed by atoms with E-state index >= 15 is 0 Å². The number of aromatic nitrogens is 1. The molecular weight excluding hydrogens is 363 g/mol. The van der Waals surface area contributed by atoms with Gasteiger partial charge >= 0.3 is 6.18 Å². The fourth-order valence-electron chi connectivity index (χ4n) is 1.81. The Morgan fingerprint density at radius 1 is 1.12 bits per heavy atom. The first-order valence-corrected chi connectivity index (χ1v) is 8.21. The standard InChI is InChI=1S/C14H12F3N3O4S/c15-14(16,17)10-4-3-5-11(8-10)25(23,24)19-18-12(21)9-20-7-2-1-6-13(20)22/h1-8,19H,9H2,(H,18,21). The van der Waals surface area contributed by atoms with E-state index in [1.165, 1.54) is 24.4 Å². The molecule has 0 aliphatic rings. The van der Waals surface area contributed by atoms with Crippen molar-refractivity contribution >= 4 is 15.9 Å². The minimum atomic E-state index is -4.71. The predicted molar refractivity (Wildman–Crippen MR) is 80.6 cm³/mol. The van der Waals surface area contributed by atoms with E-state index < -0.39 is 44.7 Å². The lowest BCUT2D eigenvalue weighted by atomic mass is 10.2. The molecule has 0 saturated heterocycles. The Bertz CT molecular complexity index is 939. The SMILES string of the molecule is O=C(Cn1ccccc1=O)NNS(=O)(=O)c1cccc(C(F)(F)F)c1. The van der Waals surface area contributed by atoms with Crippen molar-refractivity contribution < 1.29 is 26.4 Å². The van der Waals surface area contributed by atoms with Crippen LogP contribution in [0.15, 0.2) is 58.4 Å². The zero-order valence-electron chi connectivity index (χ0n) is 12.4. The molecule has 1 aromatic carbocycles. The topological polar surface area (TPSA) is 97.3 Å². The van der Waals surface area contributed by atoms with Gasteiger partial charge in [-0.25, -0.2) is 8.42 Å². The number of carbonyl (C=O) groups excluding carboxylic acids is 1. The van der Waals surface area contributed by atoms with Crippen molar-refractivity contribution in [2.45, 2.75) is 17.6 Å². The number of benzene rings is 1. The molecule has 0 saturated carbocycles. The van der Waals surface area contributed by atoms with E-state index in [-0.39, 0.29) is 0 Å². The third-order valence-electron chi connectivity index (χ3n) is 3.01. The number of nitrogens with zero attached hydrogens (tertiary/aromatic N) is 1. The van der Waals surface area contributed by atoms with Gasteiger partial charge in [0.15, 0.2) is 0 Å². The second kappa shape index (κ2) is 7.07. The van der Waals surface area contributed by atoms with E-state index in [4.69, 9.17) is 0 Å². The highest BCUT2D eigenvalue weighted by molar-refractivity contribution is 7.89. The second-order valence-electron chi connectivity index (χ2n) is 4.85. The first-order valence-electron chi connectivity index (χ1n) is 6.73. The van der Waals surface area contributed by atoms with E-state index in [0.717, 1.165) is 22.8 Å². The van der Waals surface area contributed by atoms with Gasteiger partial charge < -0.3 is 4.57 Å². The maximum Gasteiger partial charge on any atom is 0.416 e. The fraction of sp³-hybridized carbons (Fsp3) is 0.143. The molecule has 0 bridgehead atoms. The number of alkyl halides is 3. The van der Waals surface area contributed by atoms with E-state index in [1.807, 2.05) is 5.43 Å². The van der Waals surface area contributed by atoms with E-state index in [9.17, 15) is 31.2 Å². The van der Waals surface area contributed by atoms with E-state index in [2.05, 4.69) is 0 Å². The van der Waals surface area contributed by atoms with Gasteiger partial charge in [0.25, 0.3) is 21.5 Å². The minimum Gasteiger partial charge on any atom is -0.306 e. The Labute approximate surface area is 140 Å². The van der Waals surface area contributed by atoms with Gasteiger partial charge in [-0.15, -0.1) is 4.83 Å². The van der Waals surface area contributed by atoms with Crippen molar-refractivity contribution in [2.75, 3.05) is 0 Å². The molecule has 25 heavy (non-hydrogen) atoms. The van der Waals surface area contributed by atoms with Gasteiger partial charge in [-0.05, 0) is 24.3 Å². The molecule has 134 valence electrons. The van der Waals surface area contributed by atoms with Crippen LogP contribution in [0.4, 0.5) is 13.2 Å². The summed E-state index contributed by atoms with van der Waals surface area (Å²) < 4.78 is 62.9. The highest BCUT2D eigenvalue weighted by Crippen LogP contribution is 2.30. The largest absolute Gasteiger partial charge is 0.416 e. The summed E-state index contributed by atoms with van der Waals surface area (Å²) in [6, 6.07) is 7.22. The molecule has 0 aliphatic carbocycles. The molecule has 11 heteroatoms. The van der Waals surface area contributed by atoms with Crippen LogP contribution in [0.1, 0.15) is 5.56 Å². The van der Waals surface area contributed by atoms with E-state index in [1.54, 1.807) is 4.83 Å². The molecule has 2 rings (SSSR count). The molecule has 0 spiro atoms. The van der Waals surface area contributed by atoms with Crippen molar-refractivity contribution in [3.63, 3.8) is 0 Å². The van der Waals surface area contributed by atoms with Gasteiger partial charge in [-0.3, -0.25) is 15.0 Å². The number of rotatable bonds is 5. The highest BCUT2D eigenvalue weighted by Gasteiger charge is 2.31. The second-order valence-corrected chi connectivity index (χ2v) is 6.53. The molecule has 2 aromatic rings. The number of nitrogens with one attached hydrogen (secondary N) is 2. The smallest absolute Gasteiger partial charge is 0.306 e. The lowest BCUT2D eigenvalue weighted by molar-refractivity contribution is -0.137. The number of carbonyl (C=O) groups is 1. The molecule has 1 amide bonds. The van der Waals surface area contributed by atoms with Crippen LogP contribution in [0.25, 0.3) is 0 Å². The minimum absolute atomic E-state index is 0.441. The zero-order chi connectivity index (χ0) is 18.7. The van der Waals surface area contributed by atoms with Crippen LogP contribution in [-0.4, -0.2) is 18.9 Å². The number of pyridine rings is 1. The summed E-state index contributed by atoms with van der Waals surface area (Å²) in [4.78, 5) is 24.2. The number of hydrogen-bond donors (Lipinski definition) is 2. The molecule has 0 radical (unpaired) electrons. The Morgan fingerprint density at radius 2 is 1.84 bits per heavy atom. The maximum atomic E-state index is 12.6. The fourth-order valence-corrected chi connectivity index (χ4v) is 2.71. The number of hydrogen-bond acceptors (Lipinski definition) is 4. The quantitative estimate of drug-likeness (QED) is 0.758. The average molecular weight is 375 g/mol. The molecular formula is C14H12F3N3O4S. The summed E-state index contributed by atoms with van der Waals surface area (Å²) in [5.74, 6) is -0.871. The summed E-state index contributed by atoms with van der Waals surface area (Å²) in [6.07, 6.45) is -3.38. The molecule has 0 atom stereocenters. The Hall–Kier alpha value is -2.66. The number of sulfonamides is 1. The highest BCUT2D eigenvalue weighted by atomic mass is 32.2. The third kappa shape index (κ3) is 4.90. The van der Waals surface area contributed by atoms with Crippen LogP contribution >= 0.6 is 0 Å². The van der Waals surface area contributed by atoms with Crippen molar-refractivity contribution in [3.8, 4) is 0 Å². The molecule has 7 nitrogen and oxygen atoms in total. The van der Waals surface area contributed by atoms with Crippen LogP contribution < -0.4 is 15.8 Å². The summed E-state index contributed by atoms with van der Waals surface area (Å²) in [5, 5.41) is 0. The van der Waals surface area contributed by atoms with Crippen LogP contribution in [0.2, 0.25) is 0 Å². The Balaban J connectivity index is 2.08. The van der Waals surface area contributed by atoms with Crippen LogP contribution in [0.5, 0.6) is 0 Å². The first kappa shape index (κ1) is 18.7. The Kier molecular flexibility index (Phi) is 5.28. The normalized spacial score (nSPS) is 12.0. The zero-order valence-corrected chi connectivity index (χ0v) is 13.3. The van der Waals surface area contributed by atoms with Gasteiger partial charge in [-0.2, -0.15) is 13.2 Å². The maximum absolute atomic E-state index is 12.6.